The van der Waals surface area contributed by atoms with Gasteiger partial charge in [-0.15, -0.1) is 0 Å². The third kappa shape index (κ3) is 2.04. The van der Waals surface area contributed by atoms with Gasteiger partial charge in [0, 0.05) is 16.7 Å². The minimum absolute atomic E-state index is 0.216. The van der Waals surface area contributed by atoms with Gasteiger partial charge in [0.25, 0.3) is 0 Å². The van der Waals surface area contributed by atoms with Gasteiger partial charge < -0.3 is 5.11 Å². The molecular weight excluding hydrogens is 341 g/mol. The van der Waals surface area contributed by atoms with Crippen LogP contribution in [0.4, 0.5) is 13.2 Å². The summed E-state index contributed by atoms with van der Waals surface area (Å²) in [6, 6.07) is 5.60. The first-order chi connectivity index (χ1) is 12.3. The Morgan fingerprint density at radius 1 is 1.27 bits per heavy atom. The fourth-order valence-electron chi connectivity index (χ4n) is 6.07. The summed E-state index contributed by atoms with van der Waals surface area (Å²) in [6.07, 6.45) is -0.243. The Balaban J connectivity index is 1.55. The van der Waals surface area contributed by atoms with Crippen molar-refractivity contribution in [2.24, 2.45) is 11.8 Å². The van der Waals surface area contributed by atoms with Crippen LogP contribution in [0, 0.1) is 11.8 Å². The quantitative estimate of drug-likeness (QED) is 0.713. The third-order valence-corrected chi connectivity index (χ3v) is 7.23. The summed E-state index contributed by atoms with van der Waals surface area (Å²) in [5.41, 5.74) is 2.61. The third-order valence-electron chi connectivity index (χ3n) is 7.23. The number of halogens is 3. The van der Waals surface area contributed by atoms with Crippen molar-refractivity contribution in [3.8, 4) is 5.75 Å². The first-order valence-corrected chi connectivity index (χ1v) is 9.26. The number of aromatic amines is 1. The number of nitrogens with zero attached hydrogens (tertiary/aromatic N) is 1. The molecule has 4 atom stereocenters. The lowest BCUT2D eigenvalue weighted by atomic mass is 9.55. The van der Waals surface area contributed by atoms with Crippen LogP contribution in [0.15, 0.2) is 18.2 Å². The minimum atomic E-state index is -4.40. The average molecular weight is 362 g/mol. The Hall–Kier alpha value is -1.98. The average Bonchev–Trinajstić information content (AvgIpc) is 3.12. The highest BCUT2D eigenvalue weighted by Crippen LogP contribution is 2.60. The molecule has 26 heavy (non-hydrogen) atoms. The van der Waals surface area contributed by atoms with Crippen molar-refractivity contribution in [3.05, 3.63) is 46.3 Å². The zero-order valence-electron chi connectivity index (χ0n) is 14.5. The number of nitrogens with one attached hydrogen (secondary N) is 1. The van der Waals surface area contributed by atoms with Gasteiger partial charge in [0.15, 0.2) is 5.69 Å². The maximum Gasteiger partial charge on any atom is 0.435 e. The second-order valence-electron chi connectivity index (χ2n) is 8.38. The van der Waals surface area contributed by atoms with E-state index in [2.05, 4.69) is 17.1 Å². The summed E-state index contributed by atoms with van der Waals surface area (Å²) in [4.78, 5) is 0. The van der Waals surface area contributed by atoms with Gasteiger partial charge in [0.2, 0.25) is 0 Å². The van der Waals surface area contributed by atoms with Crippen LogP contribution in [0.2, 0.25) is 0 Å². The van der Waals surface area contributed by atoms with Crippen molar-refractivity contribution in [2.75, 3.05) is 0 Å². The van der Waals surface area contributed by atoms with E-state index in [9.17, 15) is 18.3 Å². The molecule has 3 nitrogen and oxygen atoms in total. The zero-order valence-corrected chi connectivity index (χ0v) is 14.5. The lowest BCUT2D eigenvalue weighted by Gasteiger charge is -2.49. The number of phenols is 1. The molecule has 1 aromatic heterocycles. The van der Waals surface area contributed by atoms with Crippen LogP contribution < -0.4 is 0 Å². The number of hydrogen-bond acceptors (Lipinski definition) is 2. The molecule has 5 rings (SSSR count). The summed E-state index contributed by atoms with van der Waals surface area (Å²) in [6.45, 7) is 2.12. The van der Waals surface area contributed by atoms with Crippen molar-refractivity contribution >= 4 is 0 Å². The van der Waals surface area contributed by atoms with Crippen LogP contribution in [0.25, 0.3) is 0 Å². The van der Waals surface area contributed by atoms with Crippen LogP contribution in [0.1, 0.15) is 60.2 Å². The standard InChI is InChI=1S/C20H21F3N2O/c1-19-7-6-13-12-5-3-11(26)8-10(12)2-4-14(13)16(19)9-15-17(19)24-25-18(15)20(21,22)23/h3,5,8,13-14,16,26H,2,4,6-7,9H2,1H3,(H,24,25)/t13-,14-,16+,19+/m1/s1. The fourth-order valence-corrected chi connectivity index (χ4v) is 6.07. The van der Waals surface area contributed by atoms with Crippen molar-refractivity contribution in [2.45, 2.75) is 56.5 Å². The van der Waals surface area contributed by atoms with Gasteiger partial charge in [-0.1, -0.05) is 13.0 Å². The SMILES string of the molecule is C[C@]12CC[C@@H]3c4ccc(O)cc4CC[C@H]3[C@@H]1Cc1c(C(F)(F)F)n[nH]c12. The Labute approximate surface area is 149 Å². The molecule has 0 amide bonds. The van der Waals surface area contributed by atoms with E-state index in [1.165, 1.54) is 11.1 Å². The van der Waals surface area contributed by atoms with Crippen molar-refractivity contribution in [3.63, 3.8) is 0 Å². The van der Waals surface area contributed by atoms with Crippen molar-refractivity contribution < 1.29 is 18.3 Å². The molecule has 3 aliphatic carbocycles. The van der Waals surface area contributed by atoms with E-state index in [-0.39, 0.29) is 11.3 Å². The first kappa shape index (κ1) is 16.2. The zero-order chi connectivity index (χ0) is 18.3. The van der Waals surface area contributed by atoms with Crippen LogP contribution in [0.3, 0.4) is 0 Å². The predicted octanol–water partition coefficient (Wildman–Crippen LogP) is 4.70. The first-order valence-electron chi connectivity index (χ1n) is 9.26. The number of rotatable bonds is 0. The Morgan fingerprint density at radius 3 is 2.85 bits per heavy atom. The molecule has 3 aliphatic rings. The molecule has 0 bridgehead atoms. The van der Waals surface area contributed by atoms with E-state index < -0.39 is 11.9 Å². The number of benzene rings is 1. The molecule has 2 N–H and O–H groups in total. The van der Waals surface area contributed by atoms with E-state index >= 15 is 0 Å². The molecule has 0 spiro atoms. The molecule has 0 unspecified atom stereocenters. The van der Waals surface area contributed by atoms with Gasteiger partial charge in [-0.25, -0.2) is 0 Å². The van der Waals surface area contributed by atoms with E-state index in [0.717, 1.165) is 25.7 Å². The Morgan fingerprint density at radius 2 is 2.08 bits per heavy atom. The molecule has 1 saturated carbocycles. The molecule has 0 saturated heterocycles. The second-order valence-corrected chi connectivity index (χ2v) is 8.38. The number of phenolic OH excluding ortho intramolecular Hbond substituents is 1. The normalized spacial score (nSPS) is 32.5. The number of H-pyrrole nitrogens is 1. The molecule has 2 aromatic rings. The van der Waals surface area contributed by atoms with Crippen molar-refractivity contribution in [1.29, 1.82) is 0 Å². The number of fused-ring (bicyclic) bond motifs is 7. The lowest BCUT2D eigenvalue weighted by molar-refractivity contribution is -0.141. The summed E-state index contributed by atoms with van der Waals surface area (Å²) < 4.78 is 40.0. The highest BCUT2D eigenvalue weighted by molar-refractivity contribution is 5.44. The lowest BCUT2D eigenvalue weighted by Crippen LogP contribution is -2.43. The highest BCUT2D eigenvalue weighted by atomic mass is 19.4. The largest absolute Gasteiger partial charge is 0.508 e. The summed E-state index contributed by atoms with van der Waals surface area (Å²) in [7, 11) is 0. The molecule has 1 aromatic carbocycles. The maximum absolute atomic E-state index is 13.3. The molecule has 1 heterocycles. The smallest absolute Gasteiger partial charge is 0.435 e. The Bertz CT molecular complexity index is 888. The number of aromatic nitrogens is 2. The van der Waals surface area contributed by atoms with Crippen LogP contribution >= 0.6 is 0 Å². The van der Waals surface area contributed by atoms with E-state index in [1.807, 2.05) is 12.1 Å². The minimum Gasteiger partial charge on any atom is -0.508 e. The highest BCUT2D eigenvalue weighted by Gasteiger charge is 2.56. The fraction of sp³-hybridized carbons (Fsp3) is 0.550. The van der Waals surface area contributed by atoms with Gasteiger partial charge in [0.05, 0.1) is 0 Å². The second kappa shape index (κ2) is 5.05. The molecule has 0 aliphatic heterocycles. The van der Waals surface area contributed by atoms with Gasteiger partial charge in [-0.3, -0.25) is 5.10 Å². The number of aryl methyl sites for hydroxylation is 1. The monoisotopic (exact) mass is 362 g/mol. The number of aromatic hydroxyl groups is 1. The Kier molecular flexibility index (Phi) is 3.15. The van der Waals surface area contributed by atoms with Gasteiger partial charge in [-0.05, 0) is 73.1 Å². The van der Waals surface area contributed by atoms with Gasteiger partial charge >= 0.3 is 6.18 Å². The topological polar surface area (TPSA) is 48.9 Å². The van der Waals surface area contributed by atoms with Gasteiger partial charge in [-0.2, -0.15) is 18.3 Å². The number of alkyl halides is 3. The van der Waals surface area contributed by atoms with Crippen LogP contribution in [0.5, 0.6) is 5.75 Å². The predicted molar refractivity (Wildman–Crippen MR) is 90.0 cm³/mol. The summed E-state index contributed by atoms with van der Waals surface area (Å²) in [5.74, 6) is 1.27. The summed E-state index contributed by atoms with van der Waals surface area (Å²) in [5, 5.41) is 16.1. The molecule has 138 valence electrons. The van der Waals surface area contributed by atoms with Crippen LogP contribution in [-0.4, -0.2) is 15.3 Å². The van der Waals surface area contributed by atoms with E-state index in [4.69, 9.17) is 0 Å². The maximum atomic E-state index is 13.3. The van der Waals surface area contributed by atoms with E-state index in [1.54, 1.807) is 6.07 Å². The summed E-state index contributed by atoms with van der Waals surface area (Å²) >= 11 is 0. The molecule has 6 heteroatoms. The van der Waals surface area contributed by atoms with Gasteiger partial charge in [0.1, 0.15) is 5.75 Å². The molecular formula is C20H21F3N2O. The molecule has 0 radical (unpaired) electrons. The number of hydrogen-bond donors (Lipinski definition) is 2. The van der Waals surface area contributed by atoms with Crippen LogP contribution in [-0.2, 0) is 24.4 Å². The van der Waals surface area contributed by atoms with E-state index in [0.29, 0.717) is 35.3 Å². The van der Waals surface area contributed by atoms with Crippen molar-refractivity contribution in [1.82, 2.24) is 10.2 Å². The molecule has 1 fully saturated rings.